The third-order valence-electron chi connectivity index (χ3n) is 4.60. The van der Waals surface area contributed by atoms with Gasteiger partial charge in [0.25, 0.3) is 0 Å². The van der Waals surface area contributed by atoms with Crippen molar-refractivity contribution in [3.8, 4) is 0 Å². The van der Waals surface area contributed by atoms with Crippen LogP contribution in [0.25, 0.3) is 6.08 Å². The second kappa shape index (κ2) is 9.26. The lowest BCUT2D eigenvalue weighted by molar-refractivity contribution is -0.131. The van der Waals surface area contributed by atoms with Crippen molar-refractivity contribution < 1.29 is 19.4 Å². The standard InChI is InChI=1S/C20H26O4/c1-2-3-4-15-7-12-18(13-8-15)24-20(23)17-10-5-16(6-11-17)9-14-19(21)22/h5-6,9-11,14-15,18H,2-4,7-8,12-13H2,1H3,(H,21,22). The lowest BCUT2D eigenvalue weighted by Gasteiger charge is -2.28. The summed E-state index contributed by atoms with van der Waals surface area (Å²) in [5.74, 6) is -0.492. The minimum Gasteiger partial charge on any atom is -0.478 e. The Morgan fingerprint density at radius 2 is 1.83 bits per heavy atom. The summed E-state index contributed by atoms with van der Waals surface area (Å²) in [7, 11) is 0. The number of carbonyl (C=O) groups excluding carboxylic acids is 1. The van der Waals surface area contributed by atoms with E-state index in [1.807, 2.05) is 0 Å². The summed E-state index contributed by atoms with van der Waals surface area (Å²) >= 11 is 0. The molecule has 1 aliphatic rings. The maximum Gasteiger partial charge on any atom is 0.338 e. The summed E-state index contributed by atoms with van der Waals surface area (Å²) in [6.45, 7) is 2.22. The fourth-order valence-corrected chi connectivity index (χ4v) is 3.15. The molecular weight excluding hydrogens is 304 g/mol. The number of carbonyl (C=O) groups is 2. The van der Waals surface area contributed by atoms with Crippen LogP contribution >= 0.6 is 0 Å². The van der Waals surface area contributed by atoms with Crippen molar-refractivity contribution >= 4 is 18.0 Å². The smallest absolute Gasteiger partial charge is 0.338 e. The predicted octanol–water partition coefficient (Wildman–Crippen LogP) is 4.69. The van der Waals surface area contributed by atoms with Crippen LogP contribution < -0.4 is 0 Å². The highest BCUT2D eigenvalue weighted by Crippen LogP contribution is 2.30. The zero-order chi connectivity index (χ0) is 17.4. The van der Waals surface area contributed by atoms with Crippen molar-refractivity contribution in [3.05, 3.63) is 41.5 Å². The number of aliphatic carboxylic acids is 1. The molecule has 0 radical (unpaired) electrons. The summed E-state index contributed by atoms with van der Waals surface area (Å²) in [5, 5.41) is 8.61. The first-order chi connectivity index (χ1) is 11.6. The molecule has 1 aromatic rings. The maximum atomic E-state index is 12.2. The van der Waals surface area contributed by atoms with Crippen LogP contribution in [0.4, 0.5) is 0 Å². The van der Waals surface area contributed by atoms with Crippen LogP contribution in [0, 0.1) is 5.92 Å². The van der Waals surface area contributed by atoms with Gasteiger partial charge in [-0.25, -0.2) is 9.59 Å². The zero-order valence-electron chi connectivity index (χ0n) is 14.2. The van der Waals surface area contributed by atoms with Crippen molar-refractivity contribution in [3.63, 3.8) is 0 Å². The maximum absolute atomic E-state index is 12.2. The first-order valence-corrected chi connectivity index (χ1v) is 8.80. The highest BCUT2D eigenvalue weighted by atomic mass is 16.5. The highest BCUT2D eigenvalue weighted by Gasteiger charge is 2.23. The molecule has 0 spiro atoms. The molecule has 0 aliphatic heterocycles. The molecule has 1 N–H and O–H groups in total. The Morgan fingerprint density at radius 1 is 1.17 bits per heavy atom. The van der Waals surface area contributed by atoms with Crippen molar-refractivity contribution in [1.82, 2.24) is 0 Å². The van der Waals surface area contributed by atoms with E-state index >= 15 is 0 Å². The molecule has 2 rings (SSSR count). The van der Waals surface area contributed by atoms with Crippen LogP contribution in [-0.4, -0.2) is 23.1 Å². The van der Waals surface area contributed by atoms with Gasteiger partial charge in [-0.3, -0.25) is 0 Å². The lowest BCUT2D eigenvalue weighted by Crippen LogP contribution is -2.24. The molecule has 0 bridgehead atoms. The van der Waals surface area contributed by atoms with E-state index in [1.165, 1.54) is 25.3 Å². The summed E-state index contributed by atoms with van der Waals surface area (Å²) in [4.78, 5) is 22.7. The Hall–Kier alpha value is -2.10. The average Bonchev–Trinajstić information content (AvgIpc) is 2.59. The van der Waals surface area contributed by atoms with Gasteiger partial charge in [0, 0.05) is 6.08 Å². The van der Waals surface area contributed by atoms with E-state index in [2.05, 4.69) is 6.92 Å². The van der Waals surface area contributed by atoms with E-state index in [4.69, 9.17) is 9.84 Å². The van der Waals surface area contributed by atoms with Gasteiger partial charge < -0.3 is 9.84 Å². The van der Waals surface area contributed by atoms with Crippen LogP contribution in [0.5, 0.6) is 0 Å². The number of ether oxygens (including phenoxy) is 1. The van der Waals surface area contributed by atoms with E-state index in [0.29, 0.717) is 5.56 Å². The number of carboxylic acids is 1. The molecule has 130 valence electrons. The fourth-order valence-electron chi connectivity index (χ4n) is 3.15. The quantitative estimate of drug-likeness (QED) is 0.582. The number of unbranched alkanes of at least 4 members (excludes halogenated alkanes) is 1. The number of benzene rings is 1. The van der Waals surface area contributed by atoms with E-state index in [0.717, 1.165) is 43.2 Å². The molecule has 1 aliphatic carbocycles. The van der Waals surface area contributed by atoms with E-state index in [-0.39, 0.29) is 12.1 Å². The van der Waals surface area contributed by atoms with Gasteiger partial charge >= 0.3 is 11.9 Å². The predicted molar refractivity (Wildman–Crippen MR) is 93.8 cm³/mol. The summed E-state index contributed by atoms with van der Waals surface area (Å²) in [6, 6.07) is 6.79. The molecule has 1 aromatic carbocycles. The number of hydrogen-bond donors (Lipinski definition) is 1. The van der Waals surface area contributed by atoms with Gasteiger partial charge in [0.15, 0.2) is 0 Å². The molecule has 0 saturated heterocycles. The Morgan fingerprint density at radius 3 is 2.42 bits per heavy atom. The van der Waals surface area contributed by atoms with Gasteiger partial charge in [-0.2, -0.15) is 0 Å². The fraction of sp³-hybridized carbons (Fsp3) is 0.500. The Balaban J connectivity index is 1.81. The molecule has 0 aromatic heterocycles. The molecule has 0 heterocycles. The Bertz CT molecular complexity index is 566. The highest BCUT2D eigenvalue weighted by molar-refractivity contribution is 5.90. The summed E-state index contributed by atoms with van der Waals surface area (Å²) < 4.78 is 5.62. The summed E-state index contributed by atoms with van der Waals surface area (Å²) in [6.07, 6.45) is 10.6. The minimum atomic E-state index is -0.993. The van der Waals surface area contributed by atoms with Crippen molar-refractivity contribution in [2.75, 3.05) is 0 Å². The third-order valence-corrected chi connectivity index (χ3v) is 4.60. The molecule has 1 saturated carbocycles. The average molecular weight is 330 g/mol. The number of esters is 1. The molecular formula is C20H26O4. The molecule has 4 heteroatoms. The number of hydrogen-bond acceptors (Lipinski definition) is 3. The third kappa shape index (κ3) is 5.84. The van der Waals surface area contributed by atoms with Gasteiger partial charge in [0.1, 0.15) is 6.10 Å². The van der Waals surface area contributed by atoms with E-state index < -0.39 is 5.97 Å². The molecule has 1 fully saturated rings. The van der Waals surface area contributed by atoms with Gasteiger partial charge in [0.2, 0.25) is 0 Å². The van der Waals surface area contributed by atoms with Crippen LogP contribution in [0.1, 0.15) is 67.8 Å². The van der Waals surface area contributed by atoms with Crippen LogP contribution in [0.3, 0.4) is 0 Å². The first-order valence-electron chi connectivity index (χ1n) is 8.80. The second-order valence-electron chi connectivity index (χ2n) is 6.48. The first kappa shape index (κ1) is 18.2. The van der Waals surface area contributed by atoms with E-state index in [9.17, 15) is 9.59 Å². The second-order valence-corrected chi connectivity index (χ2v) is 6.48. The molecule has 0 amide bonds. The van der Waals surface area contributed by atoms with Gasteiger partial charge in [-0.05, 0) is 55.4 Å². The molecule has 0 atom stereocenters. The summed E-state index contributed by atoms with van der Waals surface area (Å²) in [5.41, 5.74) is 1.25. The molecule has 0 unspecified atom stereocenters. The zero-order valence-corrected chi connectivity index (χ0v) is 14.2. The van der Waals surface area contributed by atoms with Crippen molar-refractivity contribution in [2.24, 2.45) is 5.92 Å². The molecule has 24 heavy (non-hydrogen) atoms. The van der Waals surface area contributed by atoms with E-state index in [1.54, 1.807) is 24.3 Å². The van der Waals surface area contributed by atoms with Crippen LogP contribution in [-0.2, 0) is 9.53 Å². The van der Waals surface area contributed by atoms with Crippen molar-refractivity contribution in [2.45, 2.75) is 58.0 Å². The lowest BCUT2D eigenvalue weighted by atomic mass is 9.84. The van der Waals surface area contributed by atoms with Gasteiger partial charge in [-0.1, -0.05) is 38.3 Å². The molecule has 4 nitrogen and oxygen atoms in total. The van der Waals surface area contributed by atoms with Gasteiger partial charge in [0.05, 0.1) is 5.56 Å². The largest absolute Gasteiger partial charge is 0.478 e. The number of rotatable bonds is 7. The minimum absolute atomic E-state index is 0.0296. The topological polar surface area (TPSA) is 63.6 Å². The Kier molecular flexibility index (Phi) is 7.04. The van der Waals surface area contributed by atoms with Crippen molar-refractivity contribution in [1.29, 1.82) is 0 Å². The van der Waals surface area contributed by atoms with Crippen LogP contribution in [0.2, 0.25) is 0 Å². The number of carboxylic acid groups (broad SMARTS) is 1. The van der Waals surface area contributed by atoms with Gasteiger partial charge in [-0.15, -0.1) is 0 Å². The van der Waals surface area contributed by atoms with Crippen LogP contribution in [0.15, 0.2) is 30.3 Å². The normalized spacial score (nSPS) is 20.9. The SMILES string of the molecule is CCCCC1CCC(OC(=O)c2ccc(C=CC(=O)O)cc2)CC1. The Labute approximate surface area is 143 Å². The monoisotopic (exact) mass is 330 g/mol.